The summed E-state index contributed by atoms with van der Waals surface area (Å²) < 4.78 is 28.0. The van der Waals surface area contributed by atoms with E-state index < -0.39 is 17.5 Å². The summed E-state index contributed by atoms with van der Waals surface area (Å²) in [7, 11) is 0. The van der Waals surface area contributed by atoms with E-state index in [2.05, 4.69) is 10.4 Å². The van der Waals surface area contributed by atoms with E-state index in [0.29, 0.717) is 0 Å². The molecular formula is C17H15F2N3O. The molecule has 0 atom stereocenters. The molecule has 118 valence electrons. The molecule has 1 amide bonds. The topological polar surface area (TPSA) is 46.9 Å². The van der Waals surface area contributed by atoms with Crippen molar-refractivity contribution in [1.82, 2.24) is 15.1 Å². The SMILES string of the molecule is CCn1nc(CNC(=O)c2ccc(F)c(F)c2)c2ccccc21. The number of benzene rings is 2. The number of fused-ring (bicyclic) bond motifs is 1. The second-order valence-corrected chi connectivity index (χ2v) is 5.09. The summed E-state index contributed by atoms with van der Waals surface area (Å²) in [6.07, 6.45) is 0. The van der Waals surface area contributed by atoms with E-state index in [1.165, 1.54) is 6.07 Å². The van der Waals surface area contributed by atoms with Gasteiger partial charge in [0.05, 0.1) is 17.8 Å². The van der Waals surface area contributed by atoms with Crippen molar-refractivity contribution in [3.63, 3.8) is 0 Å². The number of hydrogen-bond donors (Lipinski definition) is 1. The molecule has 4 nitrogen and oxygen atoms in total. The van der Waals surface area contributed by atoms with Crippen molar-refractivity contribution in [3.05, 3.63) is 65.4 Å². The van der Waals surface area contributed by atoms with Gasteiger partial charge in [-0.1, -0.05) is 18.2 Å². The molecule has 1 aromatic heterocycles. The molecule has 0 aliphatic rings. The summed E-state index contributed by atoms with van der Waals surface area (Å²) in [6, 6.07) is 10.8. The minimum Gasteiger partial charge on any atom is -0.346 e. The van der Waals surface area contributed by atoms with E-state index in [-0.39, 0.29) is 12.1 Å². The summed E-state index contributed by atoms with van der Waals surface area (Å²) in [5.41, 5.74) is 1.80. The van der Waals surface area contributed by atoms with Crippen molar-refractivity contribution in [3.8, 4) is 0 Å². The van der Waals surface area contributed by atoms with Crippen LogP contribution in [0.5, 0.6) is 0 Å². The predicted octanol–water partition coefficient (Wildman–Crippen LogP) is 3.26. The maximum Gasteiger partial charge on any atom is 0.251 e. The molecule has 0 saturated carbocycles. The standard InChI is InChI=1S/C17H15F2N3O/c1-2-22-16-6-4-3-5-12(16)15(21-22)10-20-17(23)11-7-8-13(18)14(19)9-11/h3-9H,2,10H2,1H3,(H,20,23). The Morgan fingerprint density at radius 1 is 1.17 bits per heavy atom. The van der Waals surface area contributed by atoms with Crippen LogP contribution in [0.1, 0.15) is 23.0 Å². The van der Waals surface area contributed by atoms with Gasteiger partial charge in [-0.05, 0) is 31.2 Å². The van der Waals surface area contributed by atoms with Crippen LogP contribution in [0.15, 0.2) is 42.5 Å². The monoisotopic (exact) mass is 315 g/mol. The molecule has 6 heteroatoms. The highest BCUT2D eigenvalue weighted by Crippen LogP contribution is 2.18. The van der Waals surface area contributed by atoms with Crippen LogP contribution in [0.2, 0.25) is 0 Å². The first-order valence-electron chi connectivity index (χ1n) is 7.28. The fraction of sp³-hybridized carbons (Fsp3) is 0.176. The number of amides is 1. The Balaban J connectivity index is 1.80. The second-order valence-electron chi connectivity index (χ2n) is 5.09. The third kappa shape index (κ3) is 2.92. The third-order valence-electron chi connectivity index (χ3n) is 3.63. The lowest BCUT2D eigenvalue weighted by Crippen LogP contribution is -2.23. The highest BCUT2D eigenvalue weighted by atomic mass is 19.2. The molecule has 1 heterocycles. The Hall–Kier alpha value is -2.76. The number of carbonyl (C=O) groups excluding carboxylic acids is 1. The van der Waals surface area contributed by atoms with Gasteiger partial charge in [0.25, 0.3) is 5.91 Å². The number of halogens is 2. The molecule has 0 aliphatic carbocycles. The smallest absolute Gasteiger partial charge is 0.251 e. The summed E-state index contributed by atoms with van der Waals surface area (Å²) >= 11 is 0. The zero-order valence-electron chi connectivity index (χ0n) is 12.5. The summed E-state index contributed by atoms with van der Waals surface area (Å²) in [5, 5.41) is 8.12. The van der Waals surface area contributed by atoms with Crippen LogP contribution in [-0.2, 0) is 13.1 Å². The summed E-state index contributed by atoms with van der Waals surface area (Å²) in [5.74, 6) is -2.49. The molecule has 0 radical (unpaired) electrons. The van der Waals surface area contributed by atoms with Crippen molar-refractivity contribution in [2.45, 2.75) is 20.0 Å². The molecular weight excluding hydrogens is 300 g/mol. The first kappa shape index (κ1) is 15.1. The number of para-hydroxylation sites is 1. The molecule has 0 aliphatic heterocycles. The lowest BCUT2D eigenvalue weighted by molar-refractivity contribution is 0.0950. The molecule has 1 N–H and O–H groups in total. The molecule has 0 bridgehead atoms. The summed E-state index contributed by atoms with van der Waals surface area (Å²) in [4.78, 5) is 12.1. The van der Waals surface area contributed by atoms with E-state index in [9.17, 15) is 13.6 Å². The van der Waals surface area contributed by atoms with Crippen molar-refractivity contribution in [1.29, 1.82) is 0 Å². The first-order chi connectivity index (χ1) is 11.1. The predicted molar refractivity (Wildman–Crippen MR) is 82.9 cm³/mol. The minimum atomic E-state index is -1.04. The maximum atomic E-state index is 13.2. The highest BCUT2D eigenvalue weighted by molar-refractivity contribution is 5.94. The van der Waals surface area contributed by atoms with Gasteiger partial charge >= 0.3 is 0 Å². The third-order valence-corrected chi connectivity index (χ3v) is 3.63. The lowest BCUT2D eigenvalue weighted by Gasteiger charge is -2.04. The Morgan fingerprint density at radius 2 is 1.96 bits per heavy atom. The number of hydrogen-bond acceptors (Lipinski definition) is 2. The molecule has 23 heavy (non-hydrogen) atoms. The van der Waals surface area contributed by atoms with Gasteiger partial charge in [0.1, 0.15) is 0 Å². The van der Waals surface area contributed by atoms with Crippen LogP contribution in [0.3, 0.4) is 0 Å². The number of carbonyl (C=O) groups is 1. The maximum absolute atomic E-state index is 13.2. The van der Waals surface area contributed by atoms with Crippen LogP contribution >= 0.6 is 0 Å². The van der Waals surface area contributed by atoms with Crippen molar-refractivity contribution >= 4 is 16.8 Å². The molecule has 3 aromatic rings. The van der Waals surface area contributed by atoms with Crippen LogP contribution in [0.25, 0.3) is 10.9 Å². The Labute approximate surface area is 131 Å². The summed E-state index contributed by atoms with van der Waals surface area (Å²) in [6.45, 7) is 2.92. The average molecular weight is 315 g/mol. The quantitative estimate of drug-likeness (QED) is 0.803. The molecule has 0 spiro atoms. The van der Waals surface area contributed by atoms with E-state index in [4.69, 9.17) is 0 Å². The number of aryl methyl sites for hydroxylation is 1. The Morgan fingerprint density at radius 3 is 2.70 bits per heavy atom. The number of aromatic nitrogens is 2. The van der Waals surface area contributed by atoms with Gasteiger partial charge in [-0.3, -0.25) is 9.48 Å². The van der Waals surface area contributed by atoms with Crippen LogP contribution < -0.4 is 5.32 Å². The molecule has 0 unspecified atom stereocenters. The van der Waals surface area contributed by atoms with Gasteiger partial charge in [0, 0.05) is 17.5 Å². The number of rotatable bonds is 4. The van der Waals surface area contributed by atoms with Crippen molar-refractivity contribution < 1.29 is 13.6 Å². The van der Waals surface area contributed by atoms with E-state index in [0.717, 1.165) is 35.3 Å². The second kappa shape index (κ2) is 6.16. The molecule has 2 aromatic carbocycles. The zero-order valence-corrected chi connectivity index (χ0v) is 12.5. The lowest BCUT2D eigenvalue weighted by atomic mass is 10.2. The van der Waals surface area contributed by atoms with Gasteiger partial charge in [-0.25, -0.2) is 8.78 Å². The Kier molecular flexibility index (Phi) is 4.06. The van der Waals surface area contributed by atoms with E-state index >= 15 is 0 Å². The largest absolute Gasteiger partial charge is 0.346 e. The average Bonchev–Trinajstić information content (AvgIpc) is 2.93. The van der Waals surface area contributed by atoms with E-state index in [1.54, 1.807) is 0 Å². The normalized spacial score (nSPS) is 10.9. The zero-order chi connectivity index (χ0) is 16.4. The number of nitrogens with zero attached hydrogens (tertiary/aromatic N) is 2. The van der Waals surface area contributed by atoms with Gasteiger partial charge in [0.2, 0.25) is 0 Å². The van der Waals surface area contributed by atoms with Gasteiger partial charge in [-0.2, -0.15) is 5.10 Å². The van der Waals surface area contributed by atoms with Gasteiger partial charge in [0.15, 0.2) is 11.6 Å². The molecule has 0 saturated heterocycles. The van der Waals surface area contributed by atoms with Crippen LogP contribution in [0.4, 0.5) is 8.78 Å². The van der Waals surface area contributed by atoms with Crippen molar-refractivity contribution in [2.75, 3.05) is 0 Å². The Bertz CT molecular complexity index is 873. The molecule has 0 fully saturated rings. The fourth-order valence-corrected chi connectivity index (χ4v) is 2.47. The fourth-order valence-electron chi connectivity index (χ4n) is 2.47. The number of nitrogens with one attached hydrogen (secondary N) is 1. The first-order valence-corrected chi connectivity index (χ1v) is 7.28. The van der Waals surface area contributed by atoms with Crippen LogP contribution in [0, 0.1) is 11.6 Å². The minimum absolute atomic E-state index is 0.0723. The highest BCUT2D eigenvalue weighted by Gasteiger charge is 2.12. The van der Waals surface area contributed by atoms with Gasteiger partial charge in [-0.15, -0.1) is 0 Å². The molecule has 3 rings (SSSR count). The van der Waals surface area contributed by atoms with Crippen molar-refractivity contribution in [2.24, 2.45) is 0 Å². The van der Waals surface area contributed by atoms with E-state index in [1.807, 2.05) is 35.9 Å². The van der Waals surface area contributed by atoms with Crippen LogP contribution in [-0.4, -0.2) is 15.7 Å². The van der Waals surface area contributed by atoms with Gasteiger partial charge < -0.3 is 5.32 Å².